The van der Waals surface area contributed by atoms with Crippen LogP contribution in [0.15, 0.2) is 24.3 Å². The number of halogens is 1. The first kappa shape index (κ1) is 13.7. The second-order valence-electron chi connectivity index (χ2n) is 6.02. The summed E-state index contributed by atoms with van der Waals surface area (Å²) in [6, 6.07) is 8.95. The molecule has 0 spiro atoms. The molecule has 2 nitrogen and oxygen atoms in total. The predicted molar refractivity (Wildman–Crippen MR) is 88.2 cm³/mol. The first-order chi connectivity index (χ1) is 10.3. The zero-order chi connectivity index (χ0) is 14.2. The van der Waals surface area contributed by atoms with Gasteiger partial charge in [-0.25, -0.2) is 4.98 Å². The molecule has 1 atom stereocenters. The van der Waals surface area contributed by atoms with Crippen LogP contribution in [0.1, 0.15) is 52.9 Å². The Morgan fingerprint density at radius 2 is 2.00 bits per heavy atom. The first-order valence-electron chi connectivity index (χ1n) is 7.80. The van der Waals surface area contributed by atoms with Crippen molar-refractivity contribution in [2.45, 2.75) is 50.6 Å². The van der Waals surface area contributed by atoms with E-state index in [0.717, 1.165) is 17.0 Å². The summed E-state index contributed by atoms with van der Waals surface area (Å²) >= 11 is 8.32. The van der Waals surface area contributed by atoms with Gasteiger partial charge in [-0.05, 0) is 50.2 Å². The van der Waals surface area contributed by atoms with Gasteiger partial charge in [-0.3, -0.25) is 0 Å². The molecule has 1 saturated carbocycles. The number of benzene rings is 1. The van der Waals surface area contributed by atoms with Gasteiger partial charge in [0, 0.05) is 15.9 Å². The summed E-state index contributed by atoms with van der Waals surface area (Å²) in [5.74, 6) is 0. The molecule has 1 aromatic heterocycles. The van der Waals surface area contributed by atoms with E-state index in [4.69, 9.17) is 16.6 Å². The molecule has 1 N–H and O–H groups in total. The van der Waals surface area contributed by atoms with Gasteiger partial charge in [-0.1, -0.05) is 29.8 Å². The van der Waals surface area contributed by atoms with Crippen LogP contribution in [0, 0.1) is 0 Å². The van der Waals surface area contributed by atoms with Gasteiger partial charge in [0.25, 0.3) is 0 Å². The van der Waals surface area contributed by atoms with Crippen molar-refractivity contribution >= 4 is 22.9 Å². The molecule has 0 aliphatic heterocycles. The normalized spacial score (nSPS) is 19.3. The van der Waals surface area contributed by atoms with Crippen molar-refractivity contribution in [3.05, 3.63) is 50.4 Å². The minimum absolute atomic E-state index is 0.154. The maximum atomic E-state index is 6.44. The summed E-state index contributed by atoms with van der Waals surface area (Å²) in [5, 5.41) is 5.77. The molecule has 21 heavy (non-hydrogen) atoms. The molecule has 110 valence electrons. The molecular formula is C17H19ClN2S. The van der Waals surface area contributed by atoms with E-state index in [2.05, 4.69) is 17.4 Å². The van der Waals surface area contributed by atoms with E-state index in [1.807, 2.05) is 23.5 Å². The van der Waals surface area contributed by atoms with E-state index in [9.17, 15) is 0 Å². The number of fused-ring (bicyclic) bond motifs is 1. The molecule has 4 heteroatoms. The standard InChI is InChI=1S/C17H19ClN2S/c18-13-6-2-1-5-12(13)16(19-11-9-10-11)17-20-14-7-3-4-8-15(14)21-17/h1-2,5-6,11,16,19H,3-4,7-10H2. The minimum Gasteiger partial charge on any atom is -0.301 e. The second-order valence-corrected chi connectivity index (χ2v) is 7.55. The smallest absolute Gasteiger partial charge is 0.115 e. The van der Waals surface area contributed by atoms with Crippen LogP contribution in [0.5, 0.6) is 0 Å². The molecule has 2 aliphatic rings. The summed E-state index contributed by atoms with van der Waals surface area (Å²) in [4.78, 5) is 6.44. The Kier molecular flexibility index (Phi) is 3.74. The summed E-state index contributed by atoms with van der Waals surface area (Å²) < 4.78 is 0. The number of rotatable bonds is 4. The van der Waals surface area contributed by atoms with Crippen molar-refractivity contribution in [3.8, 4) is 0 Å². The van der Waals surface area contributed by atoms with Crippen molar-refractivity contribution in [3.63, 3.8) is 0 Å². The van der Waals surface area contributed by atoms with Gasteiger partial charge in [-0.15, -0.1) is 11.3 Å². The molecule has 2 aromatic rings. The number of nitrogens with zero attached hydrogens (tertiary/aromatic N) is 1. The van der Waals surface area contributed by atoms with E-state index in [1.165, 1.54) is 47.7 Å². The van der Waals surface area contributed by atoms with E-state index in [-0.39, 0.29) is 6.04 Å². The number of hydrogen-bond acceptors (Lipinski definition) is 3. The Morgan fingerprint density at radius 3 is 2.76 bits per heavy atom. The third kappa shape index (κ3) is 2.87. The lowest BCUT2D eigenvalue weighted by Crippen LogP contribution is -2.24. The quantitative estimate of drug-likeness (QED) is 0.896. The van der Waals surface area contributed by atoms with Crippen molar-refractivity contribution in [1.82, 2.24) is 10.3 Å². The van der Waals surface area contributed by atoms with Gasteiger partial charge in [0.1, 0.15) is 5.01 Å². The van der Waals surface area contributed by atoms with Crippen molar-refractivity contribution in [2.75, 3.05) is 0 Å². The molecule has 1 unspecified atom stereocenters. The second kappa shape index (κ2) is 5.71. The molecule has 0 amide bonds. The molecule has 1 heterocycles. The number of nitrogens with one attached hydrogen (secondary N) is 1. The van der Waals surface area contributed by atoms with Crippen LogP contribution in [-0.2, 0) is 12.8 Å². The Morgan fingerprint density at radius 1 is 1.19 bits per heavy atom. The largest absolute Gasteiger partial charge is 0.301 e. The van der Waals surface area contributed by atoms with Gasteiger partial charge in [0.2, 0.25) is 0 Å². The van der Waals surface area contributed by atoms with Gasteiger partial charge < -0.3 is 5.32 Å². The minimum atomic E-state index is 0.154. The van der Waals surface area contributed by atoms with E-state index in [0.29, 0.717) is 6.04 Å². The summed E-state index contributed by atoms with van der Waals surface area (Å²) in [7, 11) is 0. The van der Waals surface area contributed by atoms with Crippen LogP contribution in [0.3, 0.4) is 0 Å². The first-order valence-corrected chi connectivity index (χ1v) is 8.99. The molecule has 1 fully saturated rings. The van der Waals surface area contributed by atoms with E-state index >= 15 is 0 Å². The van der Waals surface area contributed by atoms with Crippen molar-refractivity contribution in [2.24, 2.45) is 0 Å². The zero-order valence-electron chi connectivity index (χ0n) is 11.9. The van der Waals surface area contributed by atoms with Crippen LogP contribution in [0.25, 0.3) is 0 Å². The summed E-state index contributed by atoms with van der Waals surface area (Å²) in [5.41, 5.74) is 2.49. The van der Waals surface area contributed by atoms with E-state index < -0.39 is 0 Å². The fourth-order valence-electron chi connectivity index (χ4n) is 2.98. The molecule has 1 aromatic carbocycles. The number of aryl methyl sites for hydroxylation is 2. The monoisotopic (exact) mass is 318 g/mol. The number of hydrogen-bond donors (Lipinski definition) is 1. The highest BCUT2D eigenvalue weighted by Gasteiger charge is 2.30. The maximum Gasteiger partial charge on any atom is 0.115 e. The highest BCUT2D eigenvalue weighted by Crippen LogP contribution is 2.36. The molecule has 2 aliphatic carbocycles. The number of thiazole rings is 1. The number of aromatic nitrogens is 1. The molecule has 0 bridgehead atoms. The molecule has 0 saturated heterocycles. The third-order valence-corrected chi connectivity index (χ3v) is 5.87. The van der Waals surface area contributed by atoms with Crippen LogP contribution in [-0.4, -0.2) is 11.0 Å². The van der Waals surface area contributed by atoms with Crippen LogP contribution in [0.2, 0.25) is 5.02 Å². The third-order valence-electron chi connectivity index (χ3n) is 4.31. The highest BCUT2D eigenvalue weighted by atomic mass is 35.5. The molecule has 0 radical (unpaired) electrons. The lowest BCUT2D eigenvalue weighted by atomic mass is 10.0. The predicted octanol–water partition coefficient (Wildman–Crippen LogP) is 4.52. The van der Waals surface area contributed by atoms with Crippen LogP contribution >= 0.6 is 22.9 Å². The fourth-order valence-corrected chi connectivity index (χ4v) is 4.46. The van der Waals surface area contributed by atoms with Crippen molar-refractivity contribution in [1.29, 1.82) is 0 Å². The summed E-state index contributed by atoms with van der Waals surface area (Å²) in [6.45, 7) is 0. The lowest BCUT2D eigenvalue weighted by Gasteiger charge is -2.18. The average Bonchev–Trinajstić information content (AvgIpc) is 3.22. The SMILES string of the molecule is Clc1ccccc1C(NC1CC1)c1nc2c(s1)CCCC2. The van der Waals surface area contributed by atoms with Crippen LogP contribution in [0.4, 0.5) is 0 Å². The molecular weight excluding hydrogens is 300 g/mol. The van der Waals surface area contributed by atoms with Crippen LogP contribution < -0.4 is 5.32 Å². The topological polar surface area (TPSA) is 24.9 Å². The Bertz CT molecular complexity index is 624. The van der Waals surface area contributed by atoms with Gasteiger partial charge in [0.15, 0.2) is 0 Å². The summed E-state index contributed by atoms with van der Waals surface area (Å²) in [6.07, 6.45) is 7.47. The van der Waals surface area contributed by atoms with Gasteiger partial charge in [0.05, 0.1) is 11.7 Å². The fraction of sp³-hybridized carbons (Fsp3) is 0.471. The Hall–Kier alpha value is -0.900. The van der Waals surface area contributed by atoms with Gasteiger partial charge in [-0.2, -0.15) is 0 Å². The van der Waals surface area contributed by atoms with Gasteiger partial charge >= 0.3 is 0 Å². The lowest BCUT2D eigenvalue weighted by molar-refractivity contribution is 0.594. The molecule has 4 rings (SSSR count). The highest BCUT2D eigenvalue weighted by molar-refractivity contribution is 7.11. The van der Waals surface area contributed by atoms with E-state index in [1.54, 1.807) is 0 Å². The Balaban J connectivity index is 1.71. The van der Waals surface area contributed by atoms with Crippen molar-refractivity contribution < 1.29 is 0 Å². The maximum absolute atomic E-state index is 6.44. The average molecular weight is 319 g/mol. The Labute approximate surface area is 134 Å². The zero-order valence-corrected chi connectivity index (χ0v) is 13.5.